The zero-order valence-electron chi connectivity index (χ0n) is 9.45. The first kappa shape index (κ1) is 12.0. The minimum atomic E-state index is -0.236. The van der Waals surface area contributed by atoms with Crippen LogP contribution >= 0.6 is 0 Å². The van der Waals surface area contributed by atoms with E-state index in [1.807, 2.05) is 6.92 Å². The molecular weight excluding hydrogens is 176 g/mol. The number of hydrogen-bond acceptors (Lipinski definition) is 3. The van der Waals surface area contributed by atoms with Gasteiger partial charge in [0.15, 0.2) is 0 Å². The van der Waals surface area contributed by atoms with E-state index in [1.54, 1.807) is 0 Å². The summed E-state index contributed by atoms with van der Waals surface area (Å²) in [5.74, 6) is 0.632. The van der Waals surface area contributed by atoms with Gasteiger partial charge >= 0.3 is 0 Å². The molecule has 0 heterocycles. The fraction of sp³-hybridized carbons (Fsp3) is 1.00. The molecule has 0 spiro atoms. The molecule has 14 heavy (non-hydrogen) atoms. The number of nitrogens with zero attached hydrogens (tertiary/aromatic N) is 1. The second-order valence-electron chi connectivity index (χ2n) is 4.64. The van der Waals surface area contributed by atoms with E-state index in [0.29, 0.717) is 12.0 Å². The van der Waals surface area contributed by atoms with Crippen LogP contribution in [0, 0.1) is 5.92 Å². The van der Waals surface area contributed by atoms with E-state index in [4.69, 9.17) is 5.73 Å². The van der Waals surface area contributed by atoms with Gasteiger partial charge in [-0.05, 0) is 39.3 Å². The van der Waals surface area contributed by atoms with E-state index < -0.39 is 0 Å². The molecule has 1 fully saturated rings. The molecule has 2 unspecified atom stereocenters. The van der Waals surface area contributed by atoms with Crippen molar-refractivity contribution in [3.05, 3.63) is 0 Å². The average molecular weight is 200 g/mol. The standard InChI is InChI=1S/C11H24N2O/c1-9(14)8-13(2)11-6-4-3-5-10(11)7-12/h9-11,14H,3-8,12H2,1-2H3/t9-,10?,11?/m0/s1. The van der Waals surface area contributed by atoms with E-state index in [1.165, 1.54) is 25.7 Å². The third-order valence-corrected chi connectivity index (χ3v) is 3.29. The van der Waals surface area contributed by atoms with Crippen LogP contribution in [0.2, 0.25) is 0 Å². The molecule has 3 nitrogen and oxygen atoms in total. The molecule has 1 saturated carbocycles. The molecule has 1 aliphatic rings. The molecule has 0 radical (unpaired) electrons. The molecule has 1 rings (SSSR count). The molecule has 0 aromatic carbocycles. The number of likely N-dealkylation sites (N-methyl/N-ethyl adjacent to an activating group) is 1. The minimum absolute atomic E-state index is 0.236. The second kappa shape index (κ2) is 5.69. The predicted octanol–water partition coefficient (Wildman–Crippen LogP) is 0.816. The number of rotatable bonds is 4. The van der Waals surface area contributed by atoms with Gasteiger partial charge in [-0.15, -0.1) is 0 Å². The molecule has 3 heteroatoms. The van der Waals surface area contributed by atoms with Crippen LogP contribution < -0.4 is 5.73 Å². The van der Waals surface area contributed by atoms with E-state index in [2.05, 4.69) is 11.9 Å². The molecule has 0 aromatic heterocycles. The molecule has 84 valence electrons. The van der Waals surface area contributed by atoms with Gasteiger partial charge in [0.1, 0.15) is 0 Å². The zero-order chi connectivity index (χ0) is 10.6. The van der Waals surface area contributed by atoms with Crippen molar-refractivity contribution < 1.29 is 5.11 Å². The lowest BCUT2D eigenvalue weighted by molar-refractivity contribution is 0.0770. The van der Waals surface area contributed by atoms with Crippen LogP contribution in [0.5, 0.6) is 0 Å². The van der Waals surface area contributed by atoms with Crippen molar-refractivity contribution in [1.29, 1.82) is 0 Å². The van der Waals surface area contributed by atoms with Gasteiger partial charge in [0, 0.05) is 12.6 Å². The minimum Gasteiger partial charge on any atom is -0.392 e. The summed E-state index contributed by atoms with van der Waals surface area (Å²) in [7, 11) is 2.10. The lowest BCUT2D eigenvalue weighted by atomic mass is 9.83. The third-order valence-electron chi connectivity index (χ3n) is 3.29. The SMILES string of the molecule is C[C@H](O)CN(C)C1CCCCC1CN. The van der Waals surface area contributed by atoms with Gasteiger partial charge in [0.25, 0.3) is 0 Å². The fourth-order valence-corrected chi connectivity index (χ4v) is 2.60. The Hall–Kier alpha value is -0.120. The highest BCUT2D eigenvalue weighted by atomic mass is 16.3. The first-order valence-corrected chi connectivity index (χ1v) is 5.73. The molecular formula is C11H24N2O. The van der Waals surface area contributed by atoms with E-state index in [9.17, 15) is 5.11 Å². The molecule has 0 saturated heterocycles. The van der Waals surface area contributed by atoms with Gasteiger partial charge in [-0.1, -0.05) is 12.8 Å². The van der Waals surface area contributed by atoms with Crippen LogP contribution in [0.4, 0.5) is 0 Å². The first-order valence-electron chi connectivity index (χ1n) is 5.73. The topological polar surface area (TPSA) is 49.5 Å². The summed E-state index contributed by atoms with van der Waals surface area (Å²) in [6.07, 6.45) is 4.89. The number of aliphatic hydroxyl groups excluding tert-OH is 1. The highest BCUT2D eigenvalue weighted by Gasteiger charge is 2.27. The Labute approximate surface area is 87.3 Å². The molecule has 0 amide bonds. The Morgan fingerprint density at radius 3 is 2.64 bits per heavy atom. The van der Waals surface area contributed by atoms with Crippen molar-refractivity contribution in [2.75, 3.05) is 20.1 Å². The Balaban J connectivity index is 2.45. The maximum Gasteiger partial charge on any atom is 0.0639 e. The maximum atomic E-state index is 9.34. The molecule has 0 bridgehead atoms. The summed E-state index contributed by atoms with van der Waals surface area (Å²) in [5.41, 5.74) is 5.77. The Morgan fingerprint density at radius 2 is 2.07 bits per heavy atom. The average Bonchev–Trinajstić information content (AvgIpc) is 2.16. The van der Waals surface area contributed by atoms with Gasteiger partial charge in [-0.3, -0.25) is 0 Å². The number of hydrogen-bond donors (Lipinski definition) is 2. The number of aliphatic hydroxyl groups is 1. The second-order valence-corrected chi connectivity index (χ2v) is 4.64. The quantitative estimate of drug-likeness (QED) is 0.706. The first-order chi connectivity index (χ1) is 6.65. The van der Waals surface area contributed by atoms with Crippen LogP contribution in [0.3, 0.4) is 0 Å². The predicted molar refractivity (Wildman–Crippen MR) is 59.1 cm³/mol. The molecule has 3 atom stereocenters. The summed E-state index contributed by atoms with van der Waals surface area (Å²) in [6, 6.07) is 0.586. The van der Waals surface area contributed by atoms with Gasteiger partial charge in [0.05, 0.1) is 6.10 Å². The van der Waals surface area contributed by atoms with Crippen molar-refractivity contribution in [3.63, 3.8) is 0 Å². The largest absolute Gasteiger partial charge is 0.392 e. The lowest BCUT2D eigenvalue weighted by Crippen LogP contribution is -2.45. The number of nitrogens with two attached hydrogens (primary N) is 1. The van der Waals surface area contributed by atoms with Crippen molar-refractivity contribution in [2.24, 2.45) is 11.7 Å². The normalized spacial score (nSPS) is 30.6. The van der Waals surface area contributed by atoms with Gasteiger partial charge in [-0.25, -0.2) is 0 Å². The van der Waals surface area contributed by atoms with Crippen molar-refractivity contribution in [3.8, 4) is 0 Å². The summed E-state index contributed by atoms with van der Waals surface area (Å²) in [6.45, 7) is 3.40. The van der Waals surface area contributed by atoms with Gasteiger partial charge in [0.2, 0.25) is 0 Å². The molecule has 1 aliphatic carbocycles. The zero-order valence-corrected chi connectivity index (χ0v) is 9.45. The highest BCUT2D eigenvalue weighted by Crippen LogP contribution is 2.27. The maximum absolute atomic E-state index is 9.34. The lowest BCUT2D eigenvalue weighted by Gasteiger charge is -2.38. The fourth-order valence-electron chi connectivity index (χ4n) is 2.60. The van der Waals surface area contributed by atoms with Crippen molar-refractivity contribution in [1.82, 2.24) is 4.90 Å². The molecule has 0 aromatic rings. The van der Waals surface area contributed by atoms with Crippen LogP contribution in [0.15, 0.2) is 0 Å². The summed E-state index contributed by atoms with van der Waals surface area (Å²) >= 11 is 0. The van der Waals surface area contributed by atoms with Crippen LogP contribution in [0.25, 0.3) is 0 Å². The van der Waals surface area contributed by atoms with Crippen LogP contribution in [0.1, 0.15) is 32.6 Å². The van der Waals surface area contributed by atoms with Gasteiger partial charge < -0.3 is 15.7 Å². The van der Waals surface area contributed by atoms with Crippen LogP contribution in [-0.2, 0) is 0 Å². The Bertz CT molecular complexity index is 161. The van der Waals surface area contributed by atoms with Gasteiger partial charge in [-0.2, -0.15) is 0 Å². The highest BCUT2D eigenvalue weighted by molar-refractivity contribution is 4.83. The van der Waals surface area contributed by atoms with E-state index in [-0.39, 0.29) is 6.10 Å². The third kappa shape index (κ3) is 3.23. The van der Waals surface area contributed by atoms with E-state index >= 15 is 0 Å². The van der Waals surface area contributed by atoms with E-state index in [0.717, 1.165) is 13.1 Å². The van der Waals surface area contributed by atoms with Crippen molar-refractivity contribution >= 4 is 0 Å². The molecule has 0 aliphatic heterocycles. The summed E-state index contributed by atoms with van der Waals surface area (Å²) in [4.78, 5) is 2.28. The Kier molecular flexibility index (Phi) is 4.85. The summed E-state index contributed by atoms with van der Waals surface area (Å²) in [5, 5.41) is 9.34. The molecule has 3 N–H and O–H groups in total. The summed E-state index contributed by atoms with van der Waals surface area (Å²) < 4.78 is 0. The van der Waals surface area contributed by atoms with Crippen molar-refractivity contribution in [2.45, 2.75) is 44.8 Å². The monoisotopic (exact) mass is 200 g/mol. The van der Waals surface area contributed by atoms with Crippen LogP contribution in [-0.4, -0.2) is 42.3 Å². The Morgan fingerprint density at radius 1 is 1.43 bits per heavy atom. The smallest absolute Gasteiger partial charge is 0.0639 e.